The number of nitrogens with zero attached hydrogens (tertiary/aromatic N) is 1. The molecule has 2 rings (SSSR count). The molecular weight excluding hydrogens is 217 g/mol. The van der Waals surface area contributed by atoms with E-state index in [9.17, 15) is 4.39 Å². The summed E-state index contributed by atoms with van der Waals surface area (Å²) in [7, 11) is 0. The van der Waals surface area contributed by atoms with E-state index in [2.05, 4.69) is 4.98 Å². The first-order chi connectivity index (χ1) is 7.20. The van der Waals surface area contributed by atoms with Crippen molar-refractivity contribution < 1.29 is 8.81 Å². The fraction of sp³-hybridized carbons (Fsp3) is 0.182. The Morgan fingerprint density at radius 2 is 2.00 bits per heavy atom. The van der Waals surface area contributed by atoms with Crippen molar-refractivity contribution in [2.24, 2.45) is 0 Å². The van der Waals surface area contributed by atoms with Crippen LogP contribution in [-0.2, 0) is 5.88 Å². The zero-order valence-corrected chi connectivity index (χ0v) is 8.88. The number of rotatable bonds is 2. The van der Waals surface area contributed by atoms with Crippen LogP contribution in [0.5, 0.6) is 0 Å². The normalized spacial score (nSPS) is 10.6. The molecule has 0 unspecified atom stereocenters. The molecule has 1 aromatic heterocycles. The van der Waals surface area contributed by atoms with Gasteiger partial charge in [0.15, 0.2) is 0 Å². The second-order valence-electron chi connectivity index (χ2n) is 3.16. The van der Waals surface area contributed by atoms with Gasteiger partial charge >= 0.3 is 0 Å². The van der Waals surface area contributed by atoms with E-state index in [0.717, 1.165) is 11.3 Å². The predicted octanol–water partition coefficient (Wildman–Crippen LogP) is 3.53. The van der Waals surface area contributed by atoms with Gasteiger partial charge in [-0.3, -0.25) is 0 Å². The van der Waals surface area contributed by atoms with Crippen LogP contribution in [0.2, 0.25) is 0 Å². The summed E-state index contributed by atoms with van der Waals surface area (Å²) < 4.78 is 18.1. The Kier molecular flexibility index (Phi) is 2.73. The molecule has 0 aliphatic carbocycles. The van der Waals surface area contributed by atoms with E-state index in [1.165, 1.54) is 12.1 Å². The smallest absolute Gasteiger partial charge is 0.226 e. The first-order valence-electron chi connectivity index (χ1n) is 4.49. The van der Waals surface area contributed by atoms with Crippen molar-refractivity contribution in [1.82, 2.24) is 4.98 Å². The lowest BCUT2D eigenvalue weighted by Crippen LogP contribution is -1.81. The van der Waals surface area contributed by atoms with Gasteiger partial charge in [-0.25, -0.2) is 9.37 Å². The molecule has 2 aromatic rings. The quantitative estimate of drug-likeness (QED) is 0.731. The number of halogens is 2. The Balaban J connectivity index is 2.41. The third-order valence-corrected chi connectivity index (χ3v) is 2.36. The summed E-state index contributed by atoms with van der Waals surface area (Å²) in [6.07, 6.45) is 0. The third-order valence-electron chi connectivity index (χ3n) is 2.11. The topological polar surface area (TPSA) is 26.0 Å². The van der Waals surface area contributed by atoms with E-state index < -0.39 is 0 Å². The molecule has 78 valence electrons. The number of alkyl halides is 1. The van der Waals surface area contributed by atoms with Crippen LogP contribution in [-0.4, -0.2) is 4.98 Å². The highest BCUT2D eigenvalue weighted by Gasteiger charge is 2.10. The Labute approximate surface area is 91.7 Å². The van der Waals surface area contributed by atoms with Crippen molar-refractivity contribution in [3.63, 3.8) is 0 Å². The molecule has 1 heterocycles. The lowest BCUT2D eigenvalue weighted by atomic mass is 10.2. The highest BCUT2D eigenvalue weighted by Crippen LogP contribution is 2.22. The SMILES string of the molecule is Cc1oc(-c2ccc(F)cc2)nc1CCl. The highest BCUT2D eigenvalue weighted by atomic mass is 35.5. The van der Waals surface area contributed by atoms with Gasteiger partial charge in [0.1, 0.15) is 11.6 Å². The fourth-order valence-corrected chi connectivity index (χ4v) is 1.52. The minimum Gasteiger partial charge on any atom is -0.441 e. The van der Waals surface area contributed by atoms with Gasteiger partial charge in [-0.15, -0.1) is 11.6 Å². The number of aryl methyl sites for hydroxylation is 1. The van der Waals surface area contributed by atoms with Crippen molar-refractivity contribution in [2.45, 2.75) is 12.8 Å². The Morgan fingerprint density at radius 1 is 1.33 bits per heavy atom. The first kappa shape index (κ1) is 10.2. The average molecular weight is 226 g/mol. The molecular formula is C11H9ClFNO. The van der Waals surface area contributed by atoms with Crippen molar-refractivity contribution in [1.29, 1.82) is 0 Å². The van der Waals surface area contributed by atoms with Gasteiger partial charge < -0.3 is 4.42 Å². The van der Waals surface area contributed by atoms with Gasteiger partial charge in [-0.2, -0.15) is 0 Å². The Hall–Kier alpha value is -1.35. The summed E-state index contributed by atoms with van der Waals surface area (Å²) in [5, 5.41) is 0. The zero-order chi connectivity index (χ0) is 10.8. The summed E-state index contributed by atoms with van der Waals surface area (Å²) in [6.45, 7) is 1.80. The van der Waals surface area contributed by atoms with E-state index >= 15 is 0 Å². The Morgan fingerprint density at radius 3 is 2.53 bits per heavy atom. The van der Waals surface area contributed by atoms with Gasteiger partial charge in [0.05, 0.1) is 11.6 Å². The third kappa shape index (κ3) is 2.02. The number of aromatic nitrogens is 1. The maximum Gasteiger partial charge on any atom is 0.226 e. The van der Waals surface area contributed by atoms with Gasteiger partial charge in [0.2, 0.25) is 5.89 Å². The number of oxazole rings is 1. The van der Waals surface area contributed by atoms with Crippen LogP contribution in [0, 0.1) is 12.7 Å². The molecule has 0 fully saturated rings. The molecule has 1 aromatic carbocycles. The molecule has 0 bridgehead atoms. The minimum absolute atomic E-state index is 0.278. The average Bonchev–Trinajstić information content (AvgIpc) is 2.61. The fourth-order valence-electron chi connectivity index (χ4n) is 1.27. The molecule has 0 saturated carbocycles. The summed E-state index contributed by atoms with van der Waals surface area (Å²) in [6, 6.07) is 5.99. The number of benzene rings is 1. The van der Waals surface area contributed by atoms with Crippen LogP contribution in [0.15, 0.2) is 28.7 Å². The standard InChI is InChI=1S/C11H9ClFNO/c1-7-10(6-12)14-11(15-7)8-2-4-9(13)5-3-8/h2-5H,6H2,1H3. The summed E-state index contributed by atoms with van der Waals surface area (Å²) in [5.41, 5.74) is 1.46. The van der Waals surface area contributed by atoms with Gasteiger partial charge in [0, 0.05) is 5.56 Å². The number of hydrogen-bond donors (Lipinski definition) is 0. The maximum absolute atomic E-state index is 12.7. The van der Waals surface area contributed by atoms with Crippen LogP contribution in [0.3, 0.4) is 0 Å². The van der Waals surface area contributed by atoms with Crippen LogP contribution >= 0.6 is 11.6 Å². The van der Waals surface area contributed by atoms with E-state index in [1.807, 2.05) is 0 Å². The van der Waals surface area contributed by atoms with Crippen molar-refractivity contribution >= 4 is 11.6 Å². The van der Waals surface area contributed by atoms with E-state index in [1.54, 1.807) is 19.1 Å². The summed E-state index contributed by atoms with van der Waals surface area (Å²) in [5.74, 6) is 1.21. The van der Waals surface area contributed by atoms with E-state index in [-0.39, 0.29) is 5.82 Å². The molecule has 2 nitrogen and oxygen atoms in total. The van der Waals surface area contributed by atoms with Crippen molar-refractivity contribution in [2.75, 3.05) is 0 Å². The van der Waals surface area contributed by atoms with Crippen molar-refractivity contribution in [3.8, 4) is 11.5 Å². The zero-order valence-electron chi connectivity index (χ0n) is 8.13. The minimum atomic E-state index is -0.278. The molecule has 0 aliphatic rings. The van der Waals surface area contributed by atoms with Gasteiger partial charge in [-0.1, -0.05) is 0 Å². The molecule has 0 saturated heterocycles. The molecule has 15 heavy (non-hydrogen) atoms. The Bertz CT molecular complexity index is 464. The van der Waals surface area contributed by atoms with Gasteiger partial charge in [-0.05, 0) is 31.2 Å². The number of hydrogen-bond acceptors (Lipinski definition) is 2. The molecule has 4 heteroatoms. The van der Waals surface area contributed by atoms with Crippen molar-refractivity contribution in [3.05, 3.63) is 41.5 Å². The maximum atomic E-state index is 12.7. The molecule has 0 amide bonds. The highest BCUT2D eigenvalue weighted by molar-refractivity contribution is 6.16. The first-order valence-corrected chi connectivity index (χ1v) is 5.02. The summed E-state index contributed by atoms with van der Waals surface area (Å²) in [4.78, 5) is 4.21. The monoisotopic (exact) mass is 225 g/mol. The van der Waals surface area contributed by atoms with Crippen LogP contribution in [0.4, 0.5) is 4.39 Å². The molecule has 0 aliphatic heterocycles. The van der Waals surface area contributed by atoms with Crippen LogP contribution in [0.1, 0.15) is 11.5 Å². The summed E-state index contributed by atoms with van der Waals surface area (Å²) >= 11 is 5.68. The van der Waals surface area contributed by atoms with E-state index in [4.69, 9.17) is 16.0 Å². The second-order valence-corrected chi connectivity index (χ2v) is 3.43. The predicted molar refractivity (Wildman–Crippen MR) is 56.2 cm³/mol. The lowest BCUT2D eigenvalue weighted by Gasteiger charge is -1.93. The molecule has 0 spiro atoms. The van der Waals surface area contributed by atoms with Crippen LogP contribution in [0.25, 0.3) is 11.5 Å². The van der Waals surface area contributed by atoms with Gasteiger partial charge in [0.25, 0.3) is 0 Å². The van der Waals surface area contributed by atoms with E-state index in [0.29, 0.717) is 17.5 Å². The molecule has 0 radical (unpaired) electrons. The largest absolute Gasteiger partial charge is 0.441 e. The molecule has 0 atom stereocenters. The lowest BCUT2D eigenvalue weighted by molar-refractivity contribution is 0.540. The second kappa shape index (κ2) is 4.03. The van der Waals surface area contributed by atoms with Crippen LogP contribution < -0.4 is 0 Å². The molecule has 0 N–H and O–H groups in total.